The molecule has 18 heavy (non-hydrogen) atoms. The fraction of sp³-hybridized carbons (Fsp3) is 0.545. The van der Waals surface area contributed by atoms with Crippen molar-refractivity contribution in [3.8, 4) is 0 Å². The summed E-state index contributed by atoms with van der Waals surface area (Å²) in [6.07, 6.45) is 1.04. The number of aromatic carboxylic acids is 1. The molecule has 1 aromatic rings. The molecular formula is C11H16N2O4S. The van der Waals surface area contributed by atoms with Crippen LogP contribution in [-0.4, -0.2) is 35.7 Å². The van der Waals surface area contributed by atoms with Crippen LogP contribution in [0.5, 0.6) is 0 Å². The minimum absolute atomic E-state index is 0.00971. The molecule has 0 saturated heterocycles. The van der Waals surface area contributed by atoms with Gasteiger partial charge in [0, 0.05) is 25.5 Å². The molecule has 0 bridgehead atoms. The van der Waals surface area contributed by atoms with Crippen molar-refractivity contribution >= 4 is 23.2 Å². The van der Waals surface area contributed by atoms with Gasteiger partial charge in [0.25, 0.3) is 0 Å². The Morgan fingerprint density at radius 1 is 1.61 bits per heavy atom. The number of rotatable bonds is 7. The molecule has 6 nitrogen and oxygen atoms in total. The molecule has 1 heterocycles. The molecule has 0 aliphatic rings. The van der Waals surface area contributed by atoms with E-state index in [4.69, 9.17) is 9.84 Å². The molecular weight excluding hydrogens is 256 g/mol. The third kappa shape index (κ3) is 4.42. The van der Waals surface area contributed by atoms with E-state index in [1.54, 1.807) is 14.0 Å². The molecule has 0 fully saturated rings. The van der Waals surface area contributed by atoms with E-state index >= 15 is 0 Å². The zero-order valence-electron chi connectivity index (χ0n) is 10.3. The lowest BCUT2D eigenvalue weighted by atomic mass is 10.2. The monoisotopic (exact) mass is 272 g/mol. The first-order valence-corrected chi connectivity index (χ1v) is 6.39. The number of hydrogen-bond acceptors (Lipinski definition) is 5. The van der Waals surface area contributed by atoms with E-state index in [0.29, 0.717) is 24.5 Å². The SMILES string of the molecule is COCCCC(=O)NC(C)c1nc(C(=O)O)cs1. The van der Waals surface area contributed by atoms with Crippen LogP contribution >= 0.6 is 11.3 Å². The summed E-state index contributed by atoms with van der Waals surface area (Å²) < 4.78 is 4.86. The lowest BCUT2D eigenvalue weighted by molar-refractivity contribution is -0.122. The maximum Gasteiger partial charge on any atom is 0.355 e. The van der Waals surface area contributed by atoms with E-state index in [2.05, 4.69) is 10.3 Å². The molecule has 0 radical (unpaired) electrons. The van der Waals surface area contributed by atoms with Crippen molar-refractivity contribution in [1.29, 1.82) is 0 Å². The summed E-state index contributed by atoms with van der Waals surface area (Å²) in [5.74, 6) is -1.15. The molecule has 1 rings (SSSR count). The number of nitrogens with zero attached hydrogens (tertiary/aromatic N) is 1. The van der Waals surface area contributed by atoms with Crippen LogP contribution in [0.3, 0.4) is 0 Å². The normalized spacial score (nSPS) is 12.1. The number of amides is 1. The van der Waals surface area contributed by atoms with E-state index < -0.39 is 5.97 Å². The summed E-state index contributed by atoms with van der Waals surface area (Å²) in [5, 5.41) is 13.6. The summed E-state index contributed by atoms with van der Waals surface area (Å²) in [7, 11) is 1.59. The third-order valence-electron chi connectivity index (χ3n) is 2.24. The Morgan fingerprint density at radius 2 is 2.33 bits per heavy atom. The summed E-state index contributed by atoms with van der Waals surface area (Å²) in [6.45, 7) is 2.32. The molecule has 0 aromatic carbocycles. The van der Waals surface area contributed by atoms with Gasteiger partial charge in [-0.05, 0) is 13.3 Å². The topological polar surface area (TPSA) is 88.5 Å². The van der Waals surface area contributed by atoms with Gasteiger partial charge in [0.2, 0.25) is 5.91 Å². The Labute approximate surface area is 109 Å². The summed E-state index contributed by atoms with van der Waals surface area (Å²) in [5.41, 5.74) is 0.00971. The van der Waals surface area contributed by atoms with Gasteiger partial charge < -0.3 is 15.2 Å². The minimum Gasteiger partial charge on any atom is -0.476 e. The summed E-state index contributed by atoms with van der Waals surface area (Å²) >= 11 is 1.22. The zero-order chi connectivity index (χ0) is 13.5. The number of carbonyl (C=O) groups excluding carboxylic acids is 1. The first-order chi connectivity index (χ1) is 8.54. The van der Waals surface area contributed by atoms with Gasteiger partial charge in [-0.1, -0.05) is 0 Å². The van der Waals surface area contributed by atoms with Crippen LogP contribution in [-0.2, 0) is 9.53 Å². The number of carboxylic acid groups (broad SMARTS) is 1. The Kier molecular flexibility index (Phi) is 5.73. The van der Waals surface area contributed by atoms with Crippen LogP contribution in [0.25, 0.3) is 0 Å². The van der Waals surface area contributed by atoms with Crippen molar-refractivity contribution in [2.24, 2.45) is 0 Å². The maximum absolute atomic E-state index is 11.5. The first kappa shape index (κ1) is 14.6. The Balaban J connectivity index is 2.46. The van der Waals surface area contributed by atoms with Crippen LogP contribution in [0.1, 0.15) is 41.3 Å². The lowest BCUT2D eigenvalue weighted by Gasteiger charge is -2.10. The third-order valence-corrected chi connectivity index (χ3v) is 3.27. The Bertz CT molecular complexity index is 419. The van der Waals surface area contributed by atoms with Gasteiger partial charge in [0.05, 0.1) is 6.04 Å². The highest BCUT2D eigenvalue weighted by atomic mass is 32.1. The maximum atomic E-state index is 11.5. The number of nitrogens with one attached hydrogen (secondary N) is 1. The van der Waals surface area contributed by atoms with E-state index in [-0.39, 0.29) is 17.6 Å². The molecule has 2 N–H and O–H groups in total. The van der Waals surface area contributed by atoms with Gasteiger partial charge >= 0.3 is 5.97 Å². The van der Waals surface area contributed by atoms with Crippen LogP contribution in [0.15, 0.2) is 5.38 Å². The highest BCUT2D eigenvalue weighted by Crippen LogP contribution is 2.18. The average Bonchev–Trinajstić information content (AvgIpc) is 2.78. The van der Waals surface area contributed by atoms with Crippen molar-refractivity contribution in [2.45, 2.75) is 25.8 Å². The highest BCUT2D eigenvalue weighted by Gasteiger charge is 2.15. The van der Waals surface area contributed by atoms with Crippen LogP contribution in [0, 0.1) is 0 Å². The summed E-state index contributed by atoms with van der Waals surface area (Å²) in [4.78, 5) is 26.2. The highest BCUT2D eigenvalue weighted by molar-refractivity contribution is 7.09. The average molecular weight is 272 g/mol. The van der Waals surface area contributed by atoms with Gasteiger partial charge in [0.1, 0.15) is 5.01 Å². The van der Waals surface area contributed by atoms with Crippen molar-refractivity contribution in [2.75, 3.05) is 13.7 Å². The van der Waals surface area contributed by atoms with Crippen molar-refractivity contribution < 1.29 is 19.4 Å². The fourth-order valence-corrected chi connectivity index (χ4v) is 2.14. The number of hydrogen-bond donors (Lipinski definition) is 2. The number of thiazole rings is 1. The smallest absolute Gasteiger partial charge is 0.355 e. The summed E-state index contributed by atoms with van der Waals surface area (Å²) in [6, 6.07) is -0.279. The molecule has 0 saturated carbocycles. The Morgan fingerprint density at radius 3 is 2.89 bits per heavy atom. The number of ether oxygens (including phenoxy) is 1. The van der Waals surface area contributed by atoms with Gasteiger partial charge in [-0.25, -0.2) is 9.78 Å². The van der Waals surface area contributed by atoms with Crippen LogP contribution < -0.4 is 5.32 Å². The molecule has 0 aliphatic heterocycles. The first-order valence-electron chi connectivity index (χ1n) is 5.51. The van der Waals surface area contributed by atoms with E-state index in [1.165, 1.54) is 16.7 Å². The zero-order valence-corrected chi connectivity index (χ0v) is 11.1. The molecule has 1 aromatic heterocycles. The number of carboxylic acids is 1. The van der Waals surface area contributed by atoms with Crippen LogP contribution in [0.4, 0.5) is 0 Å². The lowest BCUT2D eigenvalue weighted by Crippen LogP contribution is -2.26. The predicted molar refractivity (Wildman–Crippen MR) is 66.7 cm³/mol. The molecule has 1 unspecified atom stereocenters. The van der Waals surface area contributed by atoms with E-state index in [9.17, 15) is 9.59 Å². The number of methoxy groups -OCH3 is 1. The quantitative estimate of drug-likeness (QED) is 0.733. The second kappa shape index (κ2) is 7.07. The molecule has 1 amide bonds. The van der Waals surface area contributed by atoms with Crippen molar-refractivity contribution in [3.05, 3.63) is 16.1 Å². The van der Waals surface area contributed by atoms with E-state index in [0.717, 1.165) is 0 Å². The largest absolute Gasteiger partial charge is 0.476 e. The number of carbonyl (C=O) groups is 2. The van der Waals surface area contributed by atoms with Crippen molar-refractivity contribution in [3.63, 3.8) is 0 Å². The standard InChI is InChI=1S/C11H16N2O4S/c1-7(12-9(14)4-3-5-17-2)10-13-8(6-18-10)11(15)16/h6-7H,3-5H2,1-2H3,(H,12,14)(H,15,16). The second-order valence-corrected chi connectivity index (χ2v) is 4.65. The molecule has 1 atom stereocenters. The molecule has 0 spiro atoms. The van der Waals surface area contributed by atoms with Crippen molar-refractivity contribution in [1.82, 2.24) is 10.3 Å². The van der Waals surface area contributed by atoms with Gasteiger partial charge in [-0.15, -0.1) is 11.3 Å². The van der Waals surface area contributed by atoms with Gasteiger partial charge in [-0.3, -0.25) is 4.79 Å². The minimum atomic E-state index is -1.06. The van der Waals surface area contributed by atoms with Crippen LogP contribution in [0.2, 0.25) is 0 Å². The number of aromatic nitrogens is 1. The predicted octanol–water partition coefficient (Wildman–Crippen LogP) is 1.45. The molecule has 0 aliphatic carbocycles. The van der Waals surface area contributed by atoms with E-state index in [1.807, 2.05) is 0 Å². The second-order valence-electron chi connectivity index (χ2n) is 3.76. The van der Waals surface area contributed by atoms with Gasteiger partial charge in [0.15, 0.2) is 5.69 Å². The van der Waals surface area contributed by atoms with Gasteiger partial charge in [-0.2, -0.15) is 0 Å². The fourth-order valence-electron chi connectivity index (χ4n) is 1.34. The Hall–Kier alpha value is -1.47. The molecule has 7 heteroatoms. The molecule has 100 valence electrons.